The summed E-state index contributed by atoms with van der Waals surface area (Å²) in [7, 11) is 0. The zero-order valence-electron chi connectivity index (χ0n) is 8.45. The molecule has 0 bridgehead atoms. The molecule has 0 saturated carbocycles. The Labute approximate surface area is 83.9 Å². The van der Waals surface area contributed by atoms with Gasteiger partial charge in [-0.25, -0.2) is 4.79 Å². The van der Waals surface area contributed by atoms with Gasteiger partial charge >= 0.3 is 5.97 Å². The van der Waals surface area contributed by atoms with Gasteiger partial charge < -0.3 is 5.11 Å². The van der Waals surface area contributed by atoms with Crippen LogP contribution in [-0.2, 0) is 11.2 Å². The van der Waals surface area contributed by atoms with Gasteiger partial charge in [-0.3, -0.25) is 0 Å². The summed E-state index contributed by atoms with van der Waals surface area (Å²) in [5.41, 5.74) is 3.35. The van der Waals surface area contributed by atoms with Gasteiger partial charge in [0.2, 0.25) is 0 Å². The van der Waals surface area contributed by atoms with Crippen LogP contribution in [0.1, 0.15) is 23.6 Å². The zero-order valence-corrected chi connectivity index (χ0v) is 8.45. The van der Waals surface area contributed by atoms with Crippen molar-refractivity contribution in [1.29, 1.82) is 0 Å². The summed E-state index contributed by atoms with van der Waals surface area (Å²) >= 11 is 0. The first kappa shape index (κ1) is 10.5. The van der Waals surface area contributed by atoms with Crippen LogP contribution >= 0.6 is 0 Å². The van der Waals surface area contributed by atoms with Gasteiger partial charge in [0.15, 0.2) is 0 Å². The lowest BCUT2D eigenvalue weighted by Gasteiger charge is -2.02. The van der Waals surface area contributed by atoms with Gasteiger partial charge in [-0.05, 0) is 36.1 Å². The van der Waals surface area contributed by atoms with Gasteiger partial charge in [0.1, 0.15) is 0 Å². The number of carboxylic acid groups (broad SMARTS) is 1. The third-order valence-corrected chi connectivity index (χ3v) is 2.15. The lowest BCUT2D eigenvalue weighted by atomic mass is 10.0. The first-order valence-corrected chi connectivity index (χ1v) is 4.64. The molecule has 0 radical (unpaired) electrons. The van der Waals surface area contributed by atoms with Crippen molar-refractivity contribution < 1.29 is 9.90 Å². The molecule has 0 aromatic heterocycles. The Morgan fingerprint density at radius 3 is 2.71 bits per heavy atom. The summed E-state index contributed by atoms with van der Waals surface area (Å²) in [5.74, 6) is -0.913. The molecule has 0 unspecified atom stereocenters. The third-order valence-electron chi connectivity index (χ3n) is 2.15. The maximum absolute atomic E-state index is 10.3. The van der Waals surface area contributed by atoms with Gasteiger partial charge in [0, 0.05) is 6.08 Å². The molecule has 1 N–H and O–H groups in total. The van der Waals surface area contributed by atoms with Crippen LogP contribution in [0.25, 0.3) is 6.08 Å². The number of hydrogen-bond acceptors (Lipinski definition) is 1. The van der Waals surface area contributed by atoms with Crippen molar-refractivity contribution in [3.05, 3.63) is 41.0 Å². The summed E-state index contributed by atoms with van der Waals surface area (Å²) in [4.78, 5) is 10.3. The second-order valence-electron chi connectivity index (χ2n) is 3.22. The first-order valence-electron chi connectivity index (χ1n) is 4.64. The summed E-state index contributed by atoms with van der Waals surface area (Å²) in [6.45, 7) is 4.09. The predicted octanol–water partition coefficient (Wildman–Crippen LogP) is 2.66. The highest BCUT2D eigenvalue weighted by molar-refractivity contribution is 5.85. The minimum Gasteiger partial charge on any atom is -0.478 e. The van der Waals surface area contributed by atoms with E-state index in [1.807, 2.05) is 19.1 Å². The number of hydrogen-bond donors (Lipinski definition) is 1. The number of aryl methyl sites for hydroxylation is 2. The minimum absolute atomic E-state index is 0.913. The Hall–Kier alpha value is -1.57. The highest BCUT2D eigenvalue weighted by Crippen LogP contribution is 2.13. The van der Waals surface area contributed by atoms with Crippen LogP contribution < -0.4 is 0 Å². The maximum Gasteiger partial charge on any atom is 0.328 e. The molecule has 0 saturated heterocycles. The van der Waals surface area contributed by atoms with Gasteiger partial charge in [0.25, 0.3) is 0 Å². The van der Waals surface area contributed by atoms with Gasteiger partial charge in [0.05, 0.1) is 0 Å². The number of rotatable bonds is 3. The van der Waals surface area contributed by atoms with Crippen molar-refractivity contribution in [3.8, 4) is 0 Å². The van der Waals surface area contributed by atoms with Gasteiger partial charge in [-0.2, -0.15) is 0 Å². The van der Waals surface area contributed by atoms with Crippen LogP contribution in [-0.4, -0.2) is 11.1 Å². The Bertz CT molecular complexity index is 365. The molecule has 14 heavy (non-hydrogen) atoms. The molecular formula is C12H14O2. The van der Waals surface area contributed by atoms with E-state index in [2.05, 4.69) is 13.0 Å². The van der Waals surface area contributed by atoms with E-state index >= 15 is 0 Å². The normalized spacial score (nSPS) is 10.7. The van der Waals surface area contributed by atoms with Crippen molar-refractivity contribution in [2.75, 3.05) is 0 Å². The molecule has 0 aliphatic carbocycles. The van der Waals surface area contributed by atoms with Crippen molar-refractivity contribution in [1.82, 2.24) is 0 Å². The molecule has 0 amide bonds. The fourth-order valence-electron chi connectivity index (χ4n) is 1.31. The minimum atomic E-state index is -0.913. The van der Waals surface area contributed by atoms with Crippen LogP contribution in [0, 0.1) is 6.92 Å². The van der Waals surface area contributed by atoms with E-state index in [0.717, 1.165) is 23.6 Å². The fourth-order valence-corrected chi connectivity index (χ4v) is 1.31. The highest BCUT2D eigenvalue weighted by Gasteiger charge is 1.96. The van der Waals surface area contributed by atoms with E-state index in [0.29, 0.717) is 0 Å². The molecule has 0 fully saturated rings. The molecule has 0 aliphatic rings. The first-order chi connectivity index (χ1) is 6.63. The molecule has 2 heteroatoms. The van der Waals surface area contributed by atoms with Gasteiger partial charge in [-0.15, -0.1) is 0 Å². The Morgan fingerprint density at radius 1 is 1.50 bits per heavy atom. The number of benzene rings is 1. The molecule has 1 aromatic carbocycles. The largest absolute Gasteiger partial charge is 0.478 e. The number of carbonyl (C=O) groups is 1. The van der Waals surface area contributed by atoms with E-state index in [-0.39, 0.29) is 0 Å². The van der Waals surface area contributed by atoms with Crippen molar-refractivity contribution in [2.24, 2.45) is 0 Å². The molecule has 0 atom stereocenters. The number of carboxylic acids is 1. The van der Waals surface area contributed by atoms with Crippen LogP contribution in [0.2, 0.25) is 0 Å². The lowest BCUT2D eigenvalue weighted by Crippen LogP contribution is -1.88. The van der Waals surface area contributed by atoms with Crippen molar-refractivity contribution in [2.45, 2.75) is 20.3 Å². The van der Waals surface area contributed by atoms with E-state index in [1.165, 1.54) is 5.56 Å². The van der Waals surface area contributed by atoms with E-state index in [1.54, 1.807) is 6.08 Å². The second kappa shape index (κ2) is 4.61. The quantitative estimate of drug-likeness (QED) is 0.744. The molecular weight excluding hydrogens is 176 g/mol. The highest BCUT2D eigenvalue weighted by atomic mass is 16.4. The molecule has 2 nitrogen and oxygen atoms in total. The smallest absolute Gasteiger partial charge is 0.328 e. The topological polar surface area (TPSA) is 37.3 Å². The van der Waals surface area contributed by atoms with E-state index in [9.17, 15) is 4.79 Å². The maximum atomic E-state index is 10.3. The predicted molar refractivity (Wildman–Crippen MR) is 57.2 cm³/mol. The van der Waals surface area contributed by atoms with Crippen molar-refractivity contribution in [3.63, 3.8) is 0 Å². The average molecular weight is 190 g/mol. The molecule has 0 spiro atoms. The molecule has 1 rings (SSSR count). The van der Waals surface area contributed by atoms with Crippen LogP contribution in [0.3, 0.4) is 0 Å². The van der Waals surface area contributed by atoms with Crippen LogP contribution in [0.15, 0.2) is 24.3 Å². The summed E-state index contributed by atoms with van der Waals surface area (Å²) < 4.78 is 0. The molecule has 0 aliphatic heterocycles. The van der Waals surface area contributed by atoms with E-state index < -0.39 is 5.97 Å². The molecule has 1 aromatic rings. The Kier molecular flexibility index (Phi) is 3.46. The summed E-state index contributed by atoms with van der Waals surface area (Å²) in [6, 6.07) is 6.06. The summed E-state index contributed by atoms with van der Waals surface area (Å²) in [6.07, 6.45) is 3.79. The van der Waals surface area contributed by atoms with Crippen LogP contribution in [0.4, 0.5) is 0 Å². The van der Waals surface area contributed by atoms with Crippen molar-refractivity contribution >= 4 is 12.0 Å². The van der Waals surface area contributed by atoms with Crippen LogP contribution in [0.5, 0.6) is 0 Å². The SMILES string of the molecule is CCc1ccc(/C=C/C(=O)O)c(C)c1. The molecule has 74 valence electrons. The zero-order chi connectivity index (χ0) is 10.6. The lowest BCUT2D eigenvalue weighted by molar-refractivity contribution is -0.131. The van der Waals surface area contributed by atoms with Gasteiger partial charge in [-0.1, -0.05) is 25.1 Å². The third kappa shape index (κ3) is 2.73. The second-order valence-corrected chi connectivity index (χ2v) is 3.22. The monoisotopic (exact) mass is 190 g/mol. The Morgan fingerprint density at radius 2 is 2.21 bits per heavy atom. The fraction of sp³-hybridized carbons (Fsp3) is 0.250. The number of aliphatic carboxylic acids is 1. The average Bonchev–Trinajstić information content (AvgIpc) is 2.15. The summed E-state index contributed by atoms with van der Waals surface area (Å²) in [5, 5.41) is 8.48. The standard InChI is InChI=1S/C12H14O2/c1-3-10-4-5-11(9(2)8-10)6-7-12(13)14/h4-8H,3H2,1-2H3,(H,13,14)/b7-6+. The van der Waals surface area contributed by atoms with E-state index in [4.69, 9.17) is 5.11 Å². The Balaban J connectivity index is 2.94. The molecule has 0 heterocycles.